The number of ether oxygens (including phenoxy) is 1. The fourth-order valence-corrected chi connectivity index (χ4v) is 2.94. The summed E-state index contributed by atoms with van der Waals surface area (Å²) in [6, 6.07) is 7.58. The number of halogens is 2. The molecule has 0 amide bonds. The predicted octanol–water partition coefficient (Wildman–Crippen LogP) is 3.66. The monoisotopic (exact) mass is 370 g/mol. The van der Waals surface area contributed by atoms with Gasteiger partial charge < -0.3 is 10.5 Å². The van der Waals surface area contributed by atoms with Crippen LogP contribution in [0.25, 0.3) is 0 Å². The normalized spacial score (nSPS) is 12.2. The van der Waals surface area contributed by atoms with Gasteiger partial charge in [-0.15, -0.1) is 0 Å². The molecule has 0 saturated carbocycles. The highest BCUT2D eigenvalue weighted by molar-refractivity contribution is 9.11. The molecule has 1 aromatic heterocycles. The fourth-order valence-electron chi connectivity index (χ4n) is 1.65. The quantitative estimate of drug-likeness (QED) is 0.895. The van der Waals surface area contributed by atoms with Gasteiger partial charge in [0.1, 0.15) is 5.75 Å². The maximum atomic E-state index is 6.25. The second-order valence-electron chi connectivity index (χ2n) is 3.80. The molecule has 1 heterocycles. The Morgan fingerprint density at radius 3 is 2.67 bits per heavy atom. The Morgan fingerprint density at radius 1 is 1.22 bits per heavy atom. The first kappa shape index (κ1) is 13.5. The summed E-state index contributed by atoms with van der Waals surface area (Å²) in [7, 11) is 1.61. The van der Waals surface area contributed by atoms with E-state index in [1.54, 1.807) is 19.5 Å². The minimum absolute atomic E-state index is 0.241. The van der Waals surface area contributed by atoms with Crippen LogP contribution in [0.4, 0.5) is 0 Å². The first-order valence-electron chi connectivity index (χ1n) is 5.31. The Balaban J connectivity index is 2.37. The Kier molecular flexibility index (Phi) is 4.37. The molecule has 1 atom stereocenters. The Bertz CT molecular complexity index is 560. The molecule has 0 aliphatic carbocycles. The predicted molar refractivity (Wildman–Crippen MR) is 78.7 cm³/mol. The van der Waals surface area contributed by atoms with E-state index in [2.05, 4.69) is 36.8 Å². The van der Waals surface area contributed by atoms with Crippen molar-refractivity contribution < 1.29 is 4.74 Å². The largest absolute Gasteiger partial charge is 0.495 e. The summed E-state index contributed by atoms with van der Waals surface area (Å²) in [6.45, 7) is 0. The molecule has 0 radical (unpaired) electrons. The van der Waals surface area contributed by atoms with Gasteiger partial charge in [-0.1, -0.05) is 37.9 Å². The standard InChI is InChI=1S/C13H12Br2N2O/c1-18-10-4-8(6-17-7-10)13(16)11-3-2-9(14)5-12(11)15/h2-7,13H,16H2,1H3. The number of benzene rings is 1. The van der Waals surface area contributed by atoms with Crippen molar-refractivity contribution in [3.05, 3.63) is 56.7 Å². The minimum atomic E-state index is -0.241. The molecule has 0 aliphatic heterocycles. The Hall–Kier alpha value is -0.910. The molecule has 2 rings (SSSR count). The molecule has 0 aliphatic rings. The number of aromatic nitrogens is 1. The second kappa shape index (κ2) is 5.82. The van der Waals surface area contributed by atoms with E-state index in [0.29, 0.717) is 5.75 Å². The van der Waals surface area contributed by atoms with E-state index < -0.39 is 0 Å². The van der Waals surface area contributed by atoms with E-state index in [0.717, 1.165) is 20.1 Å². The number of hydrogen-bond donors (Lipinski definition) is 1. The second-order valence-corrected chi connectivity index (χ2v) is 5.57. The zero-order valence-corrected chi connectivity index (χ0v) is 12.9. The lowest BCUT2D eigenvalue weighted by Gasteiger charge is -2.15. The molecule has 2 N–H and O–H groups in total. The summed E-state index contributed by atoms with van der Waals surface area (Å²) in [6.07, 6.45) is 3.41. The maximum absolute atomic E-state index is 6.25. The molecule has 2 aromatic rings. The van der Waals surface area contributed by atoms with Crippen LogP contribution < -0.4 is 10.5 Å². The van der Waals surface area contributed by atoms with Gasteiger partial charge in [-0.05, 0) is 29.3 Å². The number of rotatable bonds is 3. The average Bonchev–Trinajstić information content (AvgIpc) is 2.38. The first-order chi connectivity index (χ1) is 8.61. The molecular formula is C13H12Br2N2O. The van der Waals surface area contributed by atoms with Gasteiger partial charge in [-0.2, -0.15) is 0 Å². The van der Waals surface area contributed by atoms with Gasteiger partial charge >= 0.3 is 0 Å². The fraction of sp³-hybridized carbons (Fsp3) is 0.154. The van der Waals surface area contributed by atoms with E-state index in [4.69, 9.17) is 10.5 Å². The zero-order valence-electron chi connectivity index (χ0n) is 9.73. The lowest BCUT2D eigenvalue weighted by atomic mass is 10.0. The molecule has 18 heavy (non-hydrogen) atoms. The molecule has 0 fully saturated rings. The highest BCUT2D eigenvalue weighted by Crippen LogP contribution is 2.30. The number of hydrogen-bond acceptors (Lipinski definition) is 3. The van der Waals surface area contributed by atoms with Gasteiger partial charge in [0.25, 0.3) is 0 Å². The Morgan fingerprint density at radius 2 is 2.00 bits per heavy atom. The number of methoxy groups -OCH3 is 1. The third-order valence-electron chi connectivity index (χ3n) is 2.63. The van der Waals surface area contributed by atoms with Crippen molar-refractivity contribution in [2.45, 2.75) is 6.04 Å². The van der Waals surface area contributed by atoms with Crippen LogP contribution in [-0.2, 0) is 0 Å². The molecular weight excluding hydrogens is 360 g/mol. The van der Waals surface area contributed by atoms with Gasteiger partial charge in [-0.3, -0.25) is 4.98 Å². The first-order valence-corrected chi connectivity index (χ1v) is 6.90. The van der Waals surface area contributed by atoms with E-state index in [-0.39, 0.29) is 6.04 Å². The molecule has 3 nitrogen and oxygen atoms in total. The van der Waals surface area contributed by atoms with Crippen molar-refractivity contribution >= 4 is 31.9 Å². The van der Waals surface area contributed by atoms with Crippen LogP contribution in [0.3, 0.4) is 0 Å². The highest BCUT2D eigenvalue weighted by atomic mass is 79.9. The highest BCUT2D eigenvalue weighted by Gasteiger charge is 2.13. The number of nitrogens with two attached hydrogens (primary N) is 1. The van der Waals surface area contributed by atoms with Crippen molar-refractivity contribution in [2.24, 2.45) is 5.73 Å². The molecule has 0 saturated heterocycles. The minimum Gasteiger partial charge on any atom is -0.495 e. The van der Waals surface area contributed by atoms with E-state index in [1.807, 2.05) is 24.3 Å². The van der Waals surface area contributed by atoms with Crippen molar-refractivity contribution in [1.82, 2.24) is 4.98 Å². The summed E-state index contributed by atoms with van der Waals surface area (Å²) in [5, 5.41) is 0. The van der Waals surface area contributed by atoms with Gasteiger partial charge in [0.2, 0.25) is 0 Å². The van der Waals surface area contributed by atoms with Crippen LogP contribution in [0, 0.1) is 0 Å². The van der Waals surface area contributed by atoms with Crippen LogP contribution >= 0.6 is 31.9 Å². The molecule has 0 bridgehead atoms. The maximum Gasteiger partial charge on any atom is 0.137 e. The smallest absolute Gasteiger partial charge is 0.137 e. The molecule has 5 heteroatoms. The molecule has 1 aromatic carbocycles. The Labute approximate surface area is 123 Å². The topological polar surface area (TPSA) is 48.1 Å². The number of nitrogens with zero attached hydrogens (tertiary/aromatic N) is 1. The zero-order chi connectivity index (χ0) is 13.1. The number of pyridine rings is 1. The summed E-state index contributed by atoms with van der Waals surface area (Å²) in [4.78, 5) is 4.12. The third kappa shape index (κ3) is 2.91. The van der Waals surface area contributed by atoms with Crippen LogP contribution in [0.15, 0.2) is 45.6 Å². The van der Waals surface area contributed by atoms with Crippen LogP contribution in [-0.4, -0.2) is 12.1 Å². The molecule has 94 valence electrons. The molecule has 1 unspecified atom stereocenters. The van der Waals surface area contributed by atoms with Gasteiger partial charge in [-0.25, -0.2) is 0 Å². The third-order valence-corrected chi connectivity index (χ3v) is 3.81. The summed E-state index contributed by atoms with van der Waals surface area (Å²) < 4.78 is 7.13. The van der Waals surface area contributed by atoms with Crippen molar-refractivity contribution in [1.29, 1.82) is 0 Å². The van der Waals surface area contributed by atoms with Crippen LogP contribution in [0.2, 0.25) is 0 Å². The van der Waals surface area contributed by atoms with Crippen LogP contribution in [0.5, 0.6) is 5.75 Å². The van der Waals surface area contributed by atoms with Gasteiger partial charge in [0, 0.05) is 15.1 Å². The van der Waals surface area contributed by atoms with Crippen LogP contribution in [0.1, 0.15) is 17.2 Å². The average molecular weight is 372 g/mol. The van der Waals surface area contributed by atoms with Crippen molar-refractivity contribution in [2.75, 3.05) is 7.11 Å². The lowest BCUT2D eigenvalue weighted by molar-refractivity contribution is 0.412. The van der Waals surface area contributed by atoms with Crippen molar-refractivity contribution in [3.63, 3.8) is 0 Å². The molecule has 0 spiro atoms. The van der Waals surface area contributed by atoms with Gasteiger partial charge in [0.15, 0.2) is 0 Å². The summed E-state index contributed by atoms with van der Waals surface area (Å²) in [5.74, 6) is 0.705. The summed E-state index contributed by atoms with van der Waals surface area (Å²) >= 11 is 6.94. The van der Waals surface area contributed by atoms with E-state index in [9.17, 15) is 0 Å². The van der Waals surface area contributed by atoms with E-state index >= 15 is 0 Å². The summed E-state index contributed by atoms with van der Waals surface area (Å²) in [5.41, 5.74) is 8.17. The lowest BCUT2D eigenvalue weighted by Crippen LogP contribution is -2.13. The SMILES string of the molecule is COc1cncc(C(N)c2ccc(Br)cc2Br)c1. The van der Waals surface area contributed by atoms with Gasteiger partial charge in [0.05, 0.1) is 19.3 Å². The van der Waals surface area contributed by atoms with E-state index in [1.165, 1.54) is 0 Å². The van der Waals surface area contributed by atoms with Crippen molar-refractivity contribution in [3.8, 4) is 5.75 Å².